The summed E-state index contributed by atoms with van der Waals surface area (Å²) in [5.74, 6) is 0. The lowest BCUT2D eigenvalue weighted by Crippen LogP contribution is -2.26. The molecular formula is C24H27ClN2O. The highest BCUT2D eigenvalue weighted by molar-refractivity contribution is 6.30. The van der Waals surface area contributed by atoms with Crippen LogP contribution in [0.15, 0.2) is 66.7 Å². The molecule has 28 heavy (non-hydrogen) atoms. The molecule has 0 heterocycles. The molecule has 3 rings (SSSR count). The molecule has 0 aliphatic carbocycles. The molecule has 0 bridgehead atoms. The fourth-order valence-electron chi connectivity index (χ4n) is 3.21. The minimum Gasteiger partial charge on any atom is -0.387 e. The van der Waals surface area contributed by atoms with Gasteiger partial charge < -0.3 is 15.7 Å². The van der Waals surface area contributed by atoms with Crippen LogP contribution < -0.4 is 10.6 Å². The van der Waals surface area contributed by atoms with Crippen LogP contribution in [-0.2, 0) is 0 Å². The minimum absolute atomic E-state index is 0.491. The van der Waals surface area contributed by atoms with Gasteiger partial charge in [0.15, 0.2) is 0 Å². The standard InChI is InChI=1S/C24H27ClN2O/c1-17-9-10-18(2)23(13-17)19-5-4-8-22(15-19)27-12-11-26-16-24(28)20-6-3-7-21(25)14-20/h3-10,13-15,24,26-28H,11-12,16H2,1-2H3/t24-/m0/s1. The first-order chi connectivity index (χ1) is 13.5. The second kappa shape index (κ2) is 9.74. The lowest BCUT2D eigenvalue weighted by molar-refractivity contribution is 0.175. The molecule has 0 saturated heterocycles. The lowest BCUT2D eigenvalue weighted by Gasteiger charge is -2.14. The molecule has 0 aromatic heterocycles. The summed E-state index contributed by atoms with van der Waals surface area (Å²) in [5, 5.41) is 17.6. The molecule has 0 saturated carbocycles. The van der Waals surface area contributed by atoms with E-state index in [0.29, 0.717) is 11.6 Å². The normalized spacial score (nSPS) is 12.0. The van der Waals surface area contributed by atoms with Gasteiger partial charge in [-0.2, -0.15) is 0 Å². The van der Waals surface area contributed by atoms with Gasteiger partial charge in [-0.15, -0.1) is 0 Å². The van der Waals surface area contributed by atoms with E-state index in [9.17, 15) is 5.11 Å². The molecule has 3 aromatic rings. The maximum atomic E-state index is 10.2. The zero-order valence-electron chi connectivity index (χ0n) is 16.4. The highest BCUT2D eigenvalue weighted by Gasteiger charge is 2.07. The van der Waals surface area contributed by atoms with E-state index in [1.54, 1.807) is 6.07 Å². The number of rotatable bonds is 8. The first kappa shape index (κ1) is 20.4. The first-order valence-corrected chi connectivity index (χ1v) is 9.96. The summed E-state index contributed by atoms with van der Waals surface area (Å²) in [4.78, 5) is 0. The predicted octanol–water partition coefficient (Wildman–Crippen LogP) is 5.36. The van der Waals surface area contributed by atoms with Crippen molar-refractivity contribution in [2.45, 2.75) is 20.0 Å². The predicted molar refractivity (Wildman–Crippen MR) is 119 cm³/mol. The zero-order valence-corrected chi connectivity index (χ0v) is 17.1. The molecule has 3 nitrogen and oxygen atoms in total. The summed E-state index contributed by atoms with van der Waals surface area (Å²) in [5.41, 5.74) is 6.95. The van der Waals surface area contributed by atoms with Crippen molar-refractivity contribution in [3.63, 3.8) is 0 Å². The SMILES string of the molecule is Cc1ccc(C)c(-c2cccc(NCCNC[C@H](O)c3cccc(Cl)c3)c2)c1. The minimum atomic E-state index is -0.564. The second-order valence-corrected chi connectivity index (χ2v) is 7.54. The molecule has 146 valence electrons. The van der Waals surface area contributed by atoms with Crippen molar-refractivity contribution in [2.75, 3.05) is 25.0 Å². The van der Waals surface area contributed by atoms with Crippen LogP contribution in [0.2, 0.25) is 5.02 Å². The van der Waals surface area contributed by atoms with Gasteiger partial charge in [0.05, 0.1) is 6.10 Å². The Morgan fingerprint density at radius 1 is 0.929 bits per heavy atom. The van der Waals surface area contributed by atoms with Crippen molar-refractivity contribution in [2.24, 2.45) is 0 Å². The van der Waals surface area contributed by atoms with Gasteiger partial charge in [0.2, 0.25) is 0 Å². The summed E-state index contributed by atoms with van der Waals surface area (Å²) in [6.45, 7) is 6.28. The van der Waals surface area contributed by atoms with Gasteiger partial charge in [-0.1, -0.05) is 59.6 Å². The monoisotopic (exact) mass is 394 g/mol. The smallest absolute Gasteiger partial charge is 0.0914 e. The van der Waals surface area contributed by atoms with Crippen molar-refractivity contribution in [3.8, 4) is 11.1 Å². The van der Waals surface area contributed by atoms with E-state index in [-0.39, 0.29) is 0 Å². The molecule has 0 fully saturated rings. The molecule has 0 unspecified atom stereocenters. The van der Waals surface area contributed by atoms with Crippen LogP contribution in [0.4, 0.5) is 5.69 Å². The Kier molecular flexibility index (Phi) is 7.10. The third kappa shape index (κ3) is 5.59. The zero-order chi connectivity index (χ0) is 19.9. The number of aliphatic hydroxyl groups is 1. The van der Waals surface area contributed by atoms with Crippen molar-refractivity contribution in [3.05, 3.63) is 88.4 Å². The van der Waals surface area contributed by atoms with Gasteiger partial charge >= 0.3 is 0 Å². The molecule has 3 N–H and O–H groups in total. The summed E-state index contributed by atoms with van der Waals surface area (Å²) >= 11 is 5.97. The summed E-state index contributed by atoms with van der Waals surface area (Å²) in [7, 11) is 0. The van der Waals surface area contributed by atoms with Crippen molar-refractivity contribution < 1.29 is 5.11 Å². The largest absolute Gasteiger partial charge is 0.387 e. The fourth-order valence-corrected chi connectivity index (χ4v) is 3.41. The molecule has 1 atom stereocenters. The van der Waals surface area contributed by atoms with Crippen LogP contribution in [0.25, 0.3) is 11.1 Å². The van der Waals surface area contributed by atoms with E-state index in [2.05, 4.69) is 66.9 Å². The number of hydrogen-bond acceptors (Lipinski definition) is 3. The molecule has 0 radical (unpaired) electrons. The molecule has 3 aromatic carbocycles. The van der Waals surface area contributed by atoms with Gasteiger partial charge in [-0.3, -0.25) is 0 Å². The van der Waals surface area contributed by atoms with Gasteiger partial charge in [0, 0.05) is 30.3 Å². The van der Waals surface area contributed by atoms with Gasteiger partial charge in [0.1, 0.15) is 0 Å². The van der Waals surface area contributed by atoms with Gasteiger partial charge in [-0.25, -0.2) is 0 Å². The Morgan fingerprint density at radius 2 is 1.75 bits per heavy atom. The fraction of sp³-hybridized carbons (Fsp3) is 0.250. The van der Waals surface area contributed by atoms with E-state index in [1.165, 1.54) is 22.3 Å². The summed E-state index contributed by atoms with van der Waals surface area (Å²) < 4.78 is 0. The molecule has 4 heteroatoms. The third-order valence-electron chi connectivity index (χ3n) is 4.77. The highest BCUT2D eigenvalue weighted by Crippen LogP contribution is 2.26. The van der Waals surface area contributed by atoms with E-state index in [1.807, 2.05) is 18.2 Å². The average Bonchev–Trinajstić information content (AvgIpc) is 2.69. The lowest BCUT2D eigenvalue weighted by atomic mass is 9.98. The van der Waals surface area contributed by atoms with E-state index >= 15 is 0 Å². The number of aryl methyl sites for hydroxylation is 2. The van der Waals surface area contributed by atoms with E-state index in [4.69, 9.17) is 11.6 Å². The van der Waals surface area contributed by atoms with Gasteiger partial charge in [-0.05, 0) is 60.4 Å². The average molecular weight is 395 g/mol. The van der Waals surface area contributed by atoms with Crippen LogP contribution in [0.3, 0.4) is 0 Å². The highest BCUT2D eigenvalue weighted by atomic mass is 35.5. The number of anilines is 1. The number of nitrogens with one attached hydrogen (secondary N) is 2. The Balaban J connectivity index is 1.50. The third-order valence-corrected chi connectivity index (χ3v) is 5.00. The second-order valence-electron chi connectivity index (χ2n) is 7.10. The molecular weight excluding hydrogens is 368 g/mol. The first-order valence-electron chi connectivity index (χ1n) is 9.59. The Morgan fingerprint density at radius 3 is 2.57 bits per heavy atom. The van der Waals surface area contributed by atoms with Crippen LogP contribution in [0.1, 0.15) is 22.8 Å². The van der Waals surface area contributed by atoms with E-state index in [0.717, 1.165) is 24.3 Å². The van der Waals surface area contributed by atoms with Crippen LogP contribution in [0.5, 0.6) is 0 Å². The van der Waals surface area contributed by atoms with Gasteiger partial charge in [0.25, 0.3) is 0 Å². The Labute approximate surface area is 172 Å². The summed E-state index contributed by atoms with van der Waals surface area (Å²) in [6, 6.07) is 22.4. The Hall–Kier alpha value is -2.33. The van der Waals surface area contributed by atoms with Crippen molar-refractivity contribution >= 4 is 17.3 Å². The van der Waals surface area contributed by atoms with Crippen molar-refractivity contribution in [1.82, 2.24) is 5.32 Å². The number of halogens is 1. The molecule has 0 aliphatic rings. The van der Waals surface area contributed by atoms with Crippen molar-refractivity contribution in [1.29, 1.82) is 0 Å². The molecule has 0 amide bonds. The molecule has 0 aliphatic heterocycles. The maximum Gasteiger partial charge on any atom is 0.0914 e. The van der Waals surface area contributed by atoms with Crippen LogP contribution in [-0.4, -0.2) is 24.7 Å². The van der Waals surface area contributed by atoms with Crippen LogP contribution >= 0.6 is 11.6 Å². The van der Waals surface area contributed by atoms with E-state index < -0.39 is 6.10 Å². The number of benzene rings is 3. The topological polar surface area (TPSA) is 44.3 Å². The quantitative estimate of drug-likeness (QED) is 0.451. The maximum absolute atomic E-state index is 10.2. The molecule has 0 spiro atoms. The number of aliphatic hydroxyl groups excluding tert-OH is 1. The summed E-state index contributed by atoms with van der Waals surface area (Å²) in [6.07, 6.45) is -0.564. The van der Waals surface area contributed by atoms with Crippen LogP contribution in [0, 0.1) is 13.8 Å². The number of hydrogen-bond donors (Lipinski definition) is 3. The Bertz CT molecular complexity index is 926.